The number of nitrogens with one attached hydrogen (secondary N) is 1. The number of carbonyl (C=O) groups excluding carboxylic acids is 3. The van der Waals surface area contributed by atoms with Crippen LogP contribution in [0.1, 0.15) is 37.3 Å². The molecule has 6 nitrogen and oxygen atoms in total. The zero-order valence-corrected chi connectivity index (χ0v) is 18.8. The van der Waals surface area contributed by atoms with Gasteiger partial charge in [0.1, 0.15) is 0 Å². The number of carbonyl (C=O) groups is 3. The molecule has 32 heavy (non-hydrogen) atoms. The number of piperidine rings is 1. The predicted molar refractivity (Wildman–Crippen MR) is 125 cm³/mol. The topological polar surface area (TPSA) is 69.7 Å². The first kappa shape index (κ1) is 22.1. The van der Waals surface area contributed by atoms with Gasteiger partial charge in [0.15, 0.2) is 0 Å². The fourth-order valence-corrected chi connectivity index (χ4v) is 4.65. The Kier molecular flexibility index (Phi) is 6.58. The number of likely N-dealkylation sites (tertiary alicyclic amines) is 1. The van der Waals surface area contributed by atoms with Crippen molar-refractivity contribution in [1.29, 1.82) is 0 Å². The highest BCUT2D eigenvalue weighted by atomic mass is 16.2. The van der Waals surface area contributed by atoms with Crippen LogP contribution in [0.2, 0.25) is 0 Å². The molecule has 4 rings (SSSR count). The molecule has 0 aromatic heterocycles. The highest BCUT2D eigenvalue weighted by Gasteiger charge is 2.38. The second-order valence-electron chi connectivity index (χ2n) is 8.84. The van der Waals surface area contributed by atoms with Crippen molar-refractivity contribution in [2.75, 3.05) is 29.9 Å². The molecule has 2 aliphatic rings. The Morgan fingerprint density at radius 3 is 2.38 bits per heavy atom. The minimum absolute atomic E-state index is 0.00365. The van der Waals surface area contributed by atoms with E-state index in [9.17, 15) is 14.4 Å². The Hall–Kier alpha value is -3.15. The number of hydrogen-bond donors (Lipinski definition) is 1. The number of rotatable bonds is 5. The SMILES string of the molecule is CCc1ccccc1NC(=O)C1CCN(C(=O)[C@@H]2CC(=O)N(c3ccc(C)cc3)C2)CC1. The molecule has 0 bridgehead atoms. The molecule has 3 amide bonds. The lowest BCUT2D eigenvalue weighted by atomic mass is 9.94. The van der Waals surface area contributed by atoms with Gasteiger partial charge in [-0.05, 0) is 49.9 Å². The largest absolute Gasteiger partial charge is 0.342 e. The third kappa shape index (κ3) is 4.69. The van der Waals surface area contributed by atoms with E-state index >= 15 is 0 Å². The van der Waals surface area contributed by atoms with Crippen LogP contribution in [0.4, 0.5) is 11.4 Å². The molecule has 6 heteroatoms. The van der Waals surface area contributed by atoms with E-state index in [-0.39, 0.29) is 36.0 Å². The van der Waals surface area contributed by atoms with Crippen LogP contribution in [-0.4, -0.2) is 42.3 Å². The molecule has 2 aromatic carbocycles. The molecular formula is C26H31N3O3. The predicted octanol–water partition coefficient (Wildman–Crippen LogP) is 3.79. The van der Waals surface area contributed by atoms with Crippen molar-refractivity contribution in [1.82, 2.24) is 4.90 Å². The first-order valence-electron chi connectivity index (χ1n) is 11.5. The van der Waals surface area contributed by atoms with Crippen LogP contribution in [0, 0.1) is 18.8 Å². The second kappa shape index (κ2) is 9.55. The fourth-order valence-electron chi connectivity index (χ4n) is 4.65. The molecule has 1 N–H and O–H groups in total. The van der Waals surface area contributed by atoms with Gasteiger partial charge in [-0.3, -0.25) is 14.4 Å². The monoisotopic (exact) mass is 433 g/mol. The first-order valence-corrected chi connectivity index (χ1v) is 11.5. The highest BCUT2D eigenvalue weighted by molar-refractivity contribution is 6.00. The van der Waals surface area contributed by atoms with Gasteiger partial charge in [-0.2, -0.15) is 0 Å². The minimum atomic E-state index is -0.314. The lowest BCUT2D eigenvalue weighted by Gasteiger charge is -2.33. The van der Waals surface area contributed by atoms with E-state index < -0.39 is 0 Å². The van der Waals surface area contributed by atoms with E-state index in [1.165, 1.54) is 0 Å². The lowest BCUT2D eigenvalue weighted by molar-refractivity contribution is -0.138. The molecule has 2 aliphatic heterocycles. The van der Waals surface area contributed by atoms with Crippen molar-refractivity contribution in [2.45, 2.75) is 39.5 Å². The Morgan fingerprint density at radius 1 is 1.00 bits per heavy atom. The van der Waals surface area contributed by atoms with E-state index in [0.717, 1.165) is 28.9 Å². The number of amides is 3. The highest BCUT2D eigenvalue weighted by Crippen LogP contribution is 2.28. The molecule has 168 valence electrons. The maximum Gasteiger partial charge on any atom is 0.228 e. The van der Waals surface area contributed by atoms with Crippen molar-refractivity contribution >= 4 is 29.1 Å². The van der Waals surface area contributed by atoms with Gasteiger partial charge in [-0.25, -0.2) is 0 Å². The molecule has 2 fully saturated rings. The van der Waals surface area contributed by atoms with E-state index in [0.29, 0.717) is 32.5 Å². The van der Waals surface area contributed by atoms with Crippen molar-refractivity contribution in [3.8, 4) is 0 Å². The van der Waals surface area contributed by atoms with Crippen molar-refractivity contribution in [3.05, 3.63) is 59.7 Å². The van der Waals surface area contributed by atoms with E-state index in [4.69, 9.17) is 0 Å². The summed E-state index contributed by atoms with van der Waals surface area (Å²) in [5.41, 5.74) is 3.98. The van der Waals surface area contributed by atoms with Gasteiger partial charge >= 0.3 is 0 Å². The number of aryl methyl sites for hydroxylation is 2. The van der Waals surface area contributed by atoms with Gasteiger partial charge < -0.3 is 15.1 Å². The van der Waals surface area contributed by atoms with E-state index in [2.05, 4.69) is 12.2 Å². The molecule has 1 atom stereocenters. The summed E-state index contributed by atoms with van der Waals surface area (Å²) in [6.45, 7) is 5.62. The smallest absolute Gasteiger partial charge is 0.228 e. The first-order chi connectivity index (χ1) is 15.5. The summed E-state index contributed by atoms with van der Waals surface area (Å²) in [6.07, 6.45) is 2.41. The Balaban J connectivity index is 1.31. The van der Waals surface area contributed by atoms with Crippen molar-refractivity contribution in [3.63, 3.8) is 0 Å². The molecule has 0 unspecified atom stereocenters. The number of hydrogen-bond acceptors (Lipinski definition) is 3. The summed E-state index contributed by atoms with van der Waals surface area (Å²) in [6, 6.07) is 15.7. The molecule has 0 radical (unpaired) electrons. The molecule has 0 aliphatic carbocycles. The summed E-state index contributed by atoms with van der Waals surface area (Å²) in [5.74, 6) is -0.359. The van der Waals surface area contributed by atoms with Crippen LogP contribution < -0.4 is 10.2 Å². The molecule has 0 spiro atoms. The van der Waals surface area contributed by atoms with Gasteiger partial charge in [0.2, 0.25) is 17.7 Å². The second-order valence-corrected chi connectivity index (χ2v) is 8.84. The van der Waals surface area contributed by atoms with Gasteiger partial charge in [0, 0.05) is 43.3 Å². The fraction of sp³-hybridized carbons (Fsp3) is 0.423. The maximum absolute atomic E-state index is 13.1. The van der Waals surface area contributed by atoms with Crippen LogP contribution in [0.25, 0.3) is 0 Å². The van der Waals surface area contributed by atoms with Crippen LogP contribution in [0.3, 0.4) is 0 Å². The molecule has 0 saturated carbocycles. The van der Waals surface area contributed by atoms with E-state index in [1.54, 1.807) is 4.90 Å². The average Bonchev–Trinajstić information content (AvgIpc) is 3.21. The lowest BCUT2D eigenvalue weighted by Crippen LogP contribution is -2.44. The maximum atomic E-state index is 13.1. The quantitative estimate of drug-likeness (QED) is 0.780. The van der Waals surface area contributed by atoms with Gasteiger partial charge in [0.05, 0.1) is 5.92 Å². The van der Waals surface area contributed by atoms with Crippen LogP contribution in [-0.2, 0) is 20.8 Å². The molecule has 2 aromatic rings. The number of anilines is 2. The Bertz CT molecular complexity index is 994. The van der Waals surface area contributed by atoms with Crippen LogP contribution >= 0.6 is 0 Å². The van der Waals surface area contributed by atoms with Gasteiger partial charge in [0.25, 0.3) is 0 Å². The third-order valence-corrected chi connectivity index (χ3v) is 6.65. The Morgan fingerprint density at radius 2 is 1.69 bits per heavy atom. The summed E-state index contributed by atoms with van der Waals surface area (Å²) in [7, 11) is 0. The van der Waals surface area contributed by atoms with Crippen molar-refractivity contribution in [2.24, 2.45) is 11.8 Å². The normalized spacial score (nSPS) is 19.3. The summed E-state index contributed by atoms with van der Waals surface area (Å²) in [5, 5.41) is 3.07. The van der Waals surface area contributed by atoms with Crippen LogP contribution in [0.5, 0.6) is 0 Å². The standard InChI is InChI=1S/C26H31N3O3/c1-3-19-6-4-5-7-23(19)27-25(31)20-12-14-28(15-13-20)26(32)21-16-24(30)29(17-21)22-10-8-18(2)9-11-22/h4-11,20-21H,3,12-17H2,1-2H3,(H,27,31)/t21-/m1/s1. The summed E-state index contributed by atoms with van der Waals surface area (Å²) >= 11 is 0. The Labute approximate surface area is 189 Å². The average molecular weight is 434 g/mol. The third-order valence-electron chi connectivity index (χ3n) is 6.65. The zero-order valence-electron chi connectivity index (χ0n) is 18.8. The number of nitrogens with zero attached hydrogens (tertiary/aromatic N) is 2. The summed E-state index contributed by atoms with van der Waals surface area (Å²) in [4.78, 5) is 41.9. The number of benzene rings is 2. The molecule has 2 heterocycles. The van der Waals surface area contributed by atoms with E-state index in [1.807, 2.05) is 60.4 Å². The molecular weight excluding hydrogens is 402 g/mol. The van der Waals surface area contributed by atoms with Gasteiger partial charge in [-0.1, -0.05) is 42.8 Å². The zero-order chi connectivity index (χ0) is 22.7. The van der Waals surface area contributed by atoms with Crippen LogP contribution in [0.15, 0.2) is 48.5 Å². The minimum Gasteiger partial charge on any atom is -0.342 e. The van der Waals surface area contributed by atoms with Gasteiger partial charge in [-0.15, -0.1) is 0 Å². The molecule has 2 saturated heterocycles. The summed E-state index contributed by atoms with van der Waals surface area (Å²) < 4.78 is 0. The number of para-hydroxylation sites is 1. The van der Waals surface area contributed by atoms with Crippen molar-refractivity contribution < 1.29 is 14.4 Å².